The molecule has 0 aliphatic carbocycles. The maximum Gasteiger partial charge on any atom is 0.162 e. The summed E-state index contributed by atoms with van der Waals surface area (Å²) in [5, 5.41) is 9.46. The van der Waals surface area contributed by atoms with Crippen LogP contribution in [0.15, 0.2) is 27.4 Å². The van der Waals surface area contributed by atoms with Gasteiger partial charge in [-0.3, -0.25) is 0 Å². The van der Waals surface area contributed by atoms with E-state index in [9.17, 15) is 0 Å². The van der Waals surface area contributed by atoms with Crippen molar-refractivity contribution in [1.29, 1.82) is 0 Å². The van der Waals surface area contributed by atoms with Gasteiger partial charge in [-0.05, 0) is 18.2 Å². The van der Waals surface area contributed by atoms with E-state index in [1.165, 1.54) is 23.1 Å². The van der Waals surface area contributed by atoms with Crippen molar-refractivity contribution < 1.29 is 14.6 Å². The lowest BCUT2D eigenvalue weighted by Gasteiger charge is -2.18. The van der Waals surface area contributed by atoms with Crippen molar-refractivity contribution in [1.82, 2.24) is 4.98 Å². The first-order valence-electron chi connectivity index (χ1n) is 5.60. The molecule has 2 heterocycles. The monoisotopic (exact) mass is 315 g/mol. The van der Waals surface area contributed by atoms with E-state index in [-0.39, 0.29) is 6.61 Å². The second-order valence-electron chi connectivity index (χ2n) is 3.76. The van der Waals surface area contributed by atoms with E-state index in [1.54, 1.807) is 0 Å². The van der Waals surface area contributed by atoms with E-state index in [0.29, 0.717) is 23.2 Å². The number of aliphatic hydroxyl groups excluding tert-OH is 1. The third kappa shape index (κ3) is 2.81. The van der Waals surface area contributed by atoms with E-state index >= 15 is 0 Å². The minimum absolute atomic E-state index is 0.0851. The predicted octanol–water partition coefficient (Wildman–Crippen LogP) is 3.21. The zero-order chi connectivity index (χ0) is 13.2. The molecule has 1 aromatic heterocycles. The lowest BCUT2D eigenvalue weighted by Crippen LogP contribution is -2.15. The van der Waals surface area contributed by atoms with Crippen LogP contribution in [0.5, 0.6) is 11.5 Å². The Morgan fingerprint density at radius 2 is 2.11 bits per heavy atom. The summed E-state index contributed by atoms with van der Waals surface area (Å²) in [4.78, 5) is 5.89. The Kier molecular flexibility index (Phi) is 3.83. The van der Waals surface area contributed by atoms with Crippen molar-refractivity contribution in [2.45, 2.75) is 15.8 Å². The number of hydrogen-bond donors (Lipinski definition) is 1. The summed E-state index contributed by atoms with van der Waals surface area (Å²) >= 11 is 8.78. The molecule has 0 fully saturated rings. The zero-order valence-electron chi connectivity index (χ0n) is 9.76. The number of halogens is 1. The Morgan fingerprint density at radius 1 is 1.32 bits per heavy atom. The zero-order valence-corrected chi connectivity index (χ0v) is 12.1. The van der Waals surface area contributed by atoms with Crippen molar-refractivity contribution in [3.05, 3.63) is 28.2 Å². The molecular formula is C12H10ClNO3S2. The molecule has 7 heteroatoms. The lowest BCUT2D eigenvalue weighted by atomic mass is 10.3. The predicted molar refractivity (Wildman–Crippen MR) is 74.6 cm³/mol. The van der Waals surface area contributed by atoms with Gasteiger partial charge in [0.25, 0.3) is 0 Å². The van der Waals surface area contributed by atoms with Crippen LogP contribution >= 0.6 is 34.7 Å². The van der Waals surface area contributed by atoms with Gasteiger partial charge in [-0.25, -0.2) is 4.98 Å². The first-order chi connectivity index (χ1) is 9.26. The van der Waals surface area contributed by atoms with Gasteiger partial charge < -0.3 is 14.6 Å². The molecule has 3 rings (SSSR count). The Bertz CT molecular complexity index is 603. The Balaban J connectivity index is 1.82. The van der Waals surface area contributed by atoms with Gasteiger partial charge in [0.1, 0.15) is 18.4 Å². The highest BCUT2D eigenvalue weighted by molar-refractivity contribution is 8.01. The fourth-order valence-electron chi connectivity index (χ4n) is 1.64. The van der Waals surface area contributed by atoms with Crippen LogP contribution in [0.4, 0.5) is 0 Å². The van der Waals surface area contributed by atoms with Crippen LogP contribution in [0.3, 0.4) is 0 Å². The number of ether oxygens (including phenoxy) is 2. The van der Waals surface area contributed by atoms with Crippen LogP contribution in [-0.2, 0) is 6.61 Å². The lowest BCUT2D eigenvalue weighted by molar-refractivity contribution is 0.171. The molecule has 0 spiro atoms. The Hall–Kier alpha value is -0.950. The topological polar surface area (TPSA) is 51.6 Å². The van der Waals surface area contributed by atoms with Gasteiger partial charge in [0.15, 0.2) is 15.8 Å². The average molecular weight is 316 g/mol. The SMILES string of the molecule is OCc1sc(Sc2ccc3c(c2)OCCO3)nc1Cl. The van der Waals surface area contributed by atoms with E-state index in [4.69, 9.17) is 26.2 Å². The number of aliphatic hydroxyl groups is 1. The summed E-state index contributed by atoms with van der Waals surface area (Å²) < 4.78 is 11.8. The molecule has 1 aromatic carbocycles. The smallest absolute Gasteiger partial charge is 0.162 e. The highest BCUT2D eigenvalue weighted by Crippen LogP contribution is 2.39. The van der Waals surface area contributed by atoms with Crippen molar-refractivity contribution in [2.24, 2.45) is 0 Å². The molecule has 0 saturated carbocycles. The molecule has 4 nitrogen and oxygen atoms in total. The fourth-order valence-corrected chi connectivity index (χ4v) is 3.94. The summed E-state index contributed by atoms with van der Waals surface area (Å²) in [6, 6.07) is 5.76. The van der Waals surface area contributed by atoms with Crippen molar-refractivity contribution in [2.75, 3.05) is 13.2 Å². The van der Waals surface area contributed by atoms with Crippen LogP contribution in [0.1, 0.15) is 4.88 Å². The number of rotatable bonds is 3. The average Bonchev–Trinajstić information content (AvgIpc) is 2.78. The summed E-state index contributed by atoms with van der Waals surface area (Å²) in [6.07, 6.45) is 0. The number of aromatic nitrogens is 1. The second kappa shape index (κ2) is 5.58. The summed E-state index contributed by atoms with van der Waals surface area (Å²) in [7, 11) is 0. The van der Waals surface area contributed by atoms with Gasteiger partial charge in [-0.2, -0.15) is 0 Å². The maximum absolute atomic E-state index is 9.10. The van der Waals surface area contributed by atoms with E-state index < -0.39 is 0 Å². The number of thiazole rings is 1. The Morgan fingerprint density at radius 3 is 2.84 bits per heavy atom. The molecule has 0 atom stereocenters. The van der Waals surface area contributed by atoms with Gasteiger partial charge >= 0.3 is 0 Å². The highest BCUT2D eigenvalue weighted by Gasteiger charge is 2.14. The van der Waals surface area contributed by atoms with Crippen LogP contribution in [0.25, 0.3) is 0 Å². The summed E-state index contributed by atoms with van der Waals surface area (Å²) in [5.41, 5.74) is 0. The number of benzene rings is 1. The molecule has 0 radical (unpaired) electrons. The molecule has 100 valence electrons. The Labute approximate surface area is 123 Å². The molecule has 2 aromatic rings. The minimum atomic E-state index is -0.0851. The molecule has 19 heavy (non-hydrogen) atoms. The first-order valence-corrected chi connectivity index (χ1v) is 7.61. The summed E-state index contributed by atoms with van der Waals surface area (Å²) in [6.45, 7) is 1.07. The van der Waals surface area contributed by atoms with Gasteiger partial charge in [0.05, 0.1) is 11.5 Å². The number of fused-ring (bicyclic) bond motifs is 1. The molecule has 0 bridgehead atoms. The second-order valence-corrected chi connectivity index (χ2v) is 6.52. The van der Waals surface area contributed by atoms with Crippen molar-refractivity contribution in [3.8, 4) is 11.5 Å². The van der Waals surface area contributed by atoms with Gasteiger partial charge in [-0.1, -0.05) is 23.4 Å². The van der Waals surface area contributed by atoms with E-state index in [2.05, 4.69) is 4.98 Å². The standard InChI is InChI=1S/C12H10ClNO3S2/c13-11-10(6-15)19-12(14-11)18-7-1-2-8-9(5-7)17-4-3-16-8/h1-2,5,15H,3-4,6H2. The van der Waals surface area contributed by atoms with Gasteiger partial charge in [-0.15, -0.1) is 11.3 Å². The van der Waals surface area contributed by atoms with Crippen LogP contribution in [0, 0.1) is 0 Å². The molecule has 0 amide bonds. The van der Waals surface area contributed by atoms with Gasteiger partial charge in [0.2, 0.25) is 0 Å². The van der Waals surface area contributed by atoms with Crippen LogP contribution in [0.2, 0.25) is 5.15 Å². The first kappa shape index (κ1) is 13.1. The fraction of sp³-hybridized carbons (Fsp3) is 0.250. The van der Waals surface area contributed by atoms with Gasteiger partial charge in [0, 0.05) is 4.90 Å². The summed E-state index contributed by atoms with van der Waals surface area (Å²) in [5.74, 6) is 1.52. The number of nitrogens with zero attached hydrogens (tertiary/aromatic N) is 1. The van der Waals surface area contributed by atoms with Crippen molar-refractivity contribution in [3.63, 3.8) is 0 Å². The van der Waals surface area contributed by atoms with E-state index in [1.807, 2.05) is 18.2 Å². The molecular weight excluding hydrogens is 306 g/mol. The third-order valence-corrected chi connectivity index (χ3v) is 5.01. The van der Waals surface area contributed by atoms with Crippen LogP contribution in [-0.4, -0.2) is 23.3 Å². The molecule has 0 saturated heterocycles. The molecule has 1 N–H and O–H groups in total. The molecule has 1 aliphatic heterocycles. The largest absolute Gasteiger partial charge is 0.486 e. The van der Waals surface area contributed by atoms with Crippen molar-refractivity contribution >= 4 is 34.7 Å². The third-order valence-electron chi connectivity index (χ3n) is 2.49. The normalized spacial score (nSPS) is 13.6. The maximum atomic E-state index is 9.10. The number of hydrogen-bond acceptors (Lipinski definition) is 6. The molecule has 0 unspecified atom stereocenters. The molecule has 1 aliphatic rings. The highest BCUT2D eigenvalue weighted by atomic mass is 35.5. The minimum Gasteiger partial charge on any atom is -0.486 e. The van der Waals surface area contributed by atoms with Crippen LogP contribution < -0.4 is 9.47 Å². The quantitative estimate of drug-likeness (QED) is 0.942. The van der Waals surface area contributed by atoms with E-state index in [0.717, 1.165) is 20.7 Å².